The summed E-state index contributed by atoms with van der Waals surface area (Å²) in [6.45, 7) is 2.05. The lowest BCUT2D eigenvalue weighted by atomic mass is 10.2. The molecule has 1 aliphatic carbocycles. The SMILES string of the molecule is CCC1CC1NS(=O)(=O)c1cccc(C#N)c1. The molecular formula is C12H14N2O2S. The molecule has 5 heteroatoms. The molecular weight excluding hydrogens is 236 g/mol. The zero-order chi connectivity index (χ0) is 12.5. The van der Waals surface area contributed by atoms with Gasteiger partial charge < -0.3 is 0 Å². The molecule has 0 aromatic heterocycles. The Labute approximate surface area is 101 Å². The molecule has 90 valence electrons. The molecule has 0 spiro atoms. The van der Waals surface area contributed by atoms with Crippen LogP contribution in [0.15, 0.2) is 29.2 Å². The van der Waals surface area contributed by atoms with Crippen molar-refractivity contribution < 1.29 is 8.42 Å². The molecule has 1 aromatic carbocycles. The highest BCUT2D eigenvalue weighted by Crippen LogP contribution is 2.34. The molecule has 0 heterocycles. The summed E-state index contributed by atoms with van der Waals surface area (Å²) < 4.78 is 26.6. The van der Waals surface area contributed by atoms with Crippen molar-refractivity contribution in [3.05, 3.63) is 29.8 Å². The number of rotatable bonds is 4. The molecule has 1 saturated carbocycles. The van der Waals surface area contributed by atoms with Crippen molar-refractivity contribution in [1.82, 2.24) is 4.72 Å². The average molecular weight is 250 g/mol. The number of nitriles is 1. The minimum Gasteiger partial charge on any atom is -0.208 e. The van der Waals surface area contributed by atoms with Gasteiger partial charge in [-0.1, -0.05) is 19.4 Å². The average Bonchev–Trinajstić information content (AvgIpc) is 3.07. The van der Waals surface area contributed by atoms with Crippen molar-refractivity contribution in [2.24, 2.45) is 5.92 Å². The first kappa shape index (κ1) is 12.1. The second-order valence-electron chi connectivity index (χ2n) is 4.27. The Morgan fingerprint density at radius 2 is 2.29 bits per heavy atom. The maximum Gasteiger partial charge on any atom is 0.240 e. The third kappa shape index (κ3) is 2.65. The lowest BCUT2D eigenvalue weighted by Crippen LogP contribution is -2.27. The van der Waals surface area contributed by atoms with Crippen molar-refractivity contribution in [2.75, 3.05) is 0 Å². The lowest BCUT2D eigenvalue weighted by Gasteiger charge is -2.06. The molecule has 0 radical (unpaired) electrons. The Bertz CT molecular complexity index is 560. The molecule has 2 unspecified atom stereocenters. The topological polar surface area (TPSA) is 70.0 Å². The number of nitrogens with zero attached hydrogens (tertiary/aromatic N) is 1. The van der Waals surface area contributed by atoms with Gasteiger partial charge in [0, 0.05) is 6.04 Å². The minimum absolute atomic E-state index is 0.0655. The van der Waals surface area contributed by atoms with E-state index in [1.807, 2.05) is 6.07 Å². The van der Waals surface area contributed by atoms with Crippen molar-refractivity contribution in [3.8, 4) is 6.07 Å². The van der Waals surface area contributed by atoms with Gasteiger partial charge in [-0.25, -0.2) is 13.1 Å². The van der Waals surface area contributed by atoms with Gasteiger partial charge in [-0.05, 0) is 30.5 Å². The van der Waals surface area contributed by atoms with Gasteiger partial charge in [0.1, 0.15) is 0 Å². The Hall–Kier alpha value is -1.38. The van der Waals surface area contributed by atoms with Crippen LogP contribution in [-0.4, -0.2) is 14.5 Å². The lowest BCUT2D eigenvalue weighted by molar-refractivity contribution is 0.576. The molecule has 0 amide bonds. The van der Waals surface area contributed by atoms with Crippen LogP contribution in [0.4, 0.5) is 0 Å². The predicted molar refractivity (Wildman–Crippen MR) is 63.7 cm³/mol. The van der Waals surface area contributed by atoms with Crippen molar-refractivity contribution in [1.29, 1.82) is 5.26 Å². The maximum atomic E-state index is 12.0. The predicted octanol–water partition coefficient (Wildman–Crippen LogP) is 1.64. The van der Waals surface area contributed by atoms with Crippen molar-refractivity contribution >= 4 is 10.0 Å². The van der Waals surface area contributed by atoms with Gasteiger partial charge in [0.05, 0.1) is 16.5 Å². The van der Waals surface area contributed by atoms with E-state index >= 15 is 0 Å². The van der Waals surface area contributed by atoms with Gasteiger partial charge >= 0.3 is 0 Å². The van der Waals surface area contributed by atoms with Gasteiger partial charge in [-0.15, -0.1) is 0 Å². The highest BCUT2D eigenvalue weighted by molar-refractivity contribution is 7.89. The van der Waals surface area contributed by atoms with Crippen LogP contribution < -0.4 is 4.72 Å². The number of nitrogens with one attached hydrogen (secondary N) is 1. The molecule has 17 heavy (non-hydrogen) atoms. The van der Waals surface area contributed by atoms with E-state index in [1.54, 1.807) is 12.1 Å². The number of hydrogen-bond donors (Lipinski definition) is 1. The van der Waals surface area contributed by atoms with Crippen LogP contribution in [0, 0.1) is 17.2 Å². The normalized spacial score (nSPS) is 23.1. The van der Waals surface area contributed by atoms with Gasteiger partial charge in [-0.2, -0.15) is 5.26 Å². The Morgan fingerprint density at radius 3 is 2.88 bits per heavy atom. The smallest absolute Gasteiger partial charge is 0.208 e. The molecule has 0 saturated heterocycles. The maximum absolute atomic E-state index is 12.0. The minimum atomic E-state index is -3.47. The standard InChI is InChI=1S/C12H14N2O2S/c1-2-10-7-12(10)14-17(15,16)11-5-3-4-9(6-11)8-13/h3-6,10,12,14H,2,7H2,1H3. The first-order valence-electron chi connectivity index (χ1n) is 5.59. The molecule has 0 bridgehead atoms. The second-order valence-corrected chi connectivity index (χ2v) is 5.99. The van der Waals surface area contributed by atoms with E-state index in [1.165, 1.54) is 12.1 Å². The van der Waals surface area contributed by atoms with E-state index in [0.29, 0.717) is 11.5 Å². The summed E-state index contributed by atoms with van der Waals surface area (Å²) in [5.74, 6) is 0.462. The van der Waals surface area contributed by atoms with Crippen LogP contribution in [0.2, 0.25) is 0 Å². The van der Waals surface area contributed by atoms with Crippen molar-refractivity contribution in [3.63, 3.8) is 0 Å². The number of sulfonamides is 1. The molecule has 1 fully saturated rings. The highest BCUT2D eigenvalue weighted by atomic mass is 32.2. The zero-order valence-corrected chi connectivity index (χ0v) is 10.4. The largest absolute Gasteiger partial charge is 0.240 e. The van der Waals surface area contributed by atoms with E-state index < -0.39 is 10.0 Å². The monoisotopic (exact) mass is 250 g/mol. The summed E-state index contributed by atoms with van der Waals surface area (Å²) in [5.41, 5.74) is 0.357. The van der Waals surface area contributed by atoms with E-state index in [2.05, 4.69) is 11.6 Å². The van der Waals surface area contributed by atoms with E-state index in [9.17, 15) is 8.42 Å². The Kier molecular flexibility index (Phi) is 3.18. The Morgan fingerprint density at radius 1 is 1.53 bits per heavy atom. The molecule has 2 rings (SSSR count). The van der Waals surface area contributed by atoms with Gasteiger partial charge in [0.25, 0.3) is 0 Å². The fraction of sp³-hybridized carbons (Fsp3) is 0.417. The van der Waals surface area contributed by atoms with E-state index in [-0.39, 0.29) is 10.9 Å². The quantitative estimate of drug-likeness (QED) is 0.883. The van der Waals surface area contributed by atoms with Crippen LogP contribution in [0.1, 0.15) is 25.3 Å². The second kappa shape index (κ2) is 4.47. The Balaban J connectivity index is 2.18. The summed E-state index contributed by atoms with van der Waals surface area (Å²) in [4.78, 5) is 0.165. The third-order valence-electron chi connectivity index (χ3n) is 3.03. The van der Waals surface area contributed by atoms with Crippen molar-refractivity contribution in [2.45, 2.75) is 30.7 Å². The highest BCUT2D eigenvalue weighted by Gasteiger charge is 2.38. The summed E-state index contributed by atoms with van der Waals surface area (Å²) in [5, 5.41) is 8.74. The van der Waals surface area contributed by atoms with Gasteiger partial charge in [0.2, 0.25) is 10.0 Å². The van der Waals surface area contributed by atoms with Gasteiger partial charge in [-0.3, -0.25) is 0 Å². The van der Waals surface area contributed by atoms with Crippen LogP contribution in [0.5, 0.6) is 0 Å². The zero-order valence-electron chi connectivity index (χ0n) is 9.55. The van der Waals surface area contributed by atoms with Gasteiger partial charge in [0.15, 0.2) is 0 Å². The third-order valence-corrected chi connectivity index (χ3v) is 4.51. The molecule has 1 aliphatic rings. The van der Waals surface area contributed by atoms with Crippen LogP contribution >= 0.6 is 0 Å². The molecule has 1 aromatic rings. The van der Waals surface area contributed by atoms with E-state index in [4.69, 9.17) is 5.26 Å². The number of hydrogen-bond acceptors (Lipinski definition) is 3. The number of benzene rings is 1. The first-order chi connectivity index (χ1) is 8.06. The first-order valence-corrected chi connectivity index (χ1v) is 7.07. The molecule has 4 nitrogen and oxygen atoms in total. The summed E-state index contributed by atoms with van der Waals surface area (Å²) in [6, 6.07) is 8.07. The molecule has 1 N–H and O–H groups in total. The summed E-state index contributed by atoms with van der Waals surface area (Å²) in [7, 11) is -3.47. The van der Waals surface area contributed by atoms with Crippen LogP contribution in [0.25, 0.3) is 0 Å². The van der Waals surface area contributed by atoms with E-state index in [0.717, 1.165) is 12.8 Å². The summed E-state index contributed by atoms with van der Waals surface area (Å²) >= 11 is 0. The fourth-order valence-corrected chi connectivity index (χ4v) is 3.21. The van der Waals surface area contributed by atoms with Crippen LogP contribution in [0.3, 0.4) is 0 Å². The van der Waals surface area contributed by atoms with Crippen LogP contribution in [-0.2, 0) is 10.0 Å². The molecule has 0 aliphatic heterocycles. The fourth-order valence-electron chi connectivity index (χ4n) is 1.84. The summed E-state index contributed by atoms with van der Waals surface area (Å²) in [6.07, 6.45) is 1.90. The molecule has 2 atom stereocenters.